The van der Waals surface area contributed by atoms with E-state index in [9.17, 15) is 14.9 Å². The van der Waals surface area contributed by atoms with Gasteiger partial charge in [0.25, 0.3) is 11.8 Å². The van der Waals surface area contributed by atoms with Crippen molar-refractivity contribution in [2.24, 2.45) is 0 Å². The third-order valence-electron chi connectivity index (χ3n) is 4.63. The van der Waals surface area contributed by atoms with Crippen LogP contribution in [-0.4, -0.2) is 16.8 Å². The van der Waals surface area contributed by atoms with Gasteiger partial charge in [-0.15, -0.1) is 0 Å². The van der Waals surface area contributed by atoms with Gasteiger partial charge in [-0.3, -0.25) is 20.4 Å². The van der Waals surface area contributed by atoms with E-state index in [1.807, 2.05) is 30.3 Å². The highest BCUT2D eigenvalue weighted by Crippen LogP contribution is 2.26. The summed E-state index contributed by atoms with van der Waals surface area (Å²) in [5.74, 6) is -0.896. The number of aromatic amines is 1. The van der Waals surface area contributed by atoms with Crippen molar-refractivity contribution in [3.8, 4) is 17.2 Å². The maximum Gasteiger partial charge on any atom is 0.271 e. The molecule has 1 aromatic heterocycles. The molecule has 3 N–H and O–H groups in total. The highest BCUT2D eigenvalue weighted by atomic mass is 16.2. The van der Waals surface area contributed by atoms with Gasteiger partial charge in [0.05, 0.1) is 17.2 Å². The summed E-state index contributed by atoms with van der Waals surface area (Å²) in [6.07, 6.45) is 1.60. The number of fused-ring (bicyclic) bond motifs is 1. The fourth-order valence-electron chi connectivity index (χ4n) is 3.24. The molecule has 0 radical (unpaired) electrons. The normalized spacial score (nSPS) is 10.3. The lowest BCUT2D eigenvalue weighted by atomic mass is 9.95. The molecule has 0 aliphatic heterocycles. The van der Waals surface area contributed by atoms with Crippen LogP contribution >= 0.6 is 0 Å². The monoisotopic (exact) mass is 380 g/mol. The van der Waals surface area contributed by atoms with Crippen LogP contribution < -0.4 is 10.9 Å². The number of benzene rings is 3. The van der Waals surface area contributed by atoms with E-state index in [0.29, 0.717) is 27.8 Å². The van der Waals surface area contributed by atoms with Crippen LogP contribution in [0.3, 0.4) is 0 Å². The van der Waals surface area contributed by atoms with Gasteiger partial charge >= 0.3 is 0 Å². The molecule has 0 unspecified atom stereocenters. The number of hydrogen-bond acceptors (Lipinski definition) is 3. The molecule has 4 aromatic rings. The Morgan fingerprint density at radius 1 is 0.759 bits per heavy atom. The number of nitriles is 1. The summed E-state index contributed by atoms with van der Waals surface area (Å²) in [6, 6.07) is 23.6. The first-order chi connectivity index (χ1) is 14.2. The number of nitrogens with zero attached hydrogens (tertiary/aromatic N) is 1. The number of carbonyl (C=O) groups is 2. The number of hydrogen-bond donors (Lipinski definition) is 3. The zero-order valence-corrected chi connectivity index (χ0v) is 15.3. The van der Waals surface area contributed by atoms with Crippen LogP contribution in [0.4, 0.5) is 0 Å². The number of H-pyrrole nitrogens is 1. The molecule has 0 spiro atoms. The van der Waals surface area contributed by atoms with Gasteiger partial charge in [0.15, 0.2) is 0 Å². The maximum absolute atomic E-state index is 12.8. The summed E-state index contributed by atoms with van der Waals surface area (Å²) in [5, 5.41) is 10.1. The fourth-order valence-corrected chi connectivity index (χ4v) is 3.24. The Balaban J connectivity index is 1.57. The molecular formula is C23H16N4O2. The van der Waals surface area contributed by atoms with Gasteiger partial charge in [-0.2, -0.15) is 5.26 Å². The van der Waals surface area contributed by atoms with E-state index in [0.717, 1.165) is 10.9 Å². The third-order valence-corrected chi connectivity index (χ3v) is 4.63. The molecule has 0 atom stereocenters. The summed E-state index contributed by atoms with van der Waals surface area (Å²) >= 11 is 0. The standard InChI is InChI=1S/C23H16N4O2/c24-13-15-7-1-2-8-16(15)17-9-3-4-11-19(17)22(28)26-27-23(29)20-14-25-21-12-6-5-10-18(20)21/h1-12,14,25H,(H,26,28)(H,27,29). The largest absolute Gasteiger partial charge is 0.360 e. The number of nitrogens with one attached hydrogen (secondary N) is 3. The van der Waals surface area contributed by atoms with Crippen LogP contribution in [0.2, 0.25) is 0 Å². The zero-order chi connectivity index (χ0) is 20.2. The zero-order valence-electron chi connectivity index (χ0n) is 15.3. The van der Waals surface area contributed by atoms with Crippen molar-refractivity contribution in [3.63, 3.8) is 0 Å². The predicted octanol–water partition coefficient (Wildman–Crippen LogP) is 3.78. The molecule has 6 nitrogen and oxygen atoms in total. The highest BCUT2D eigenvalue weighted by molar-refractivity contribution is 6.08. The topological polar surface area (TPSA) is 97.8 Å². The predicted molar refractivity (Wildman–Crippen MR) is 110 cm³/mol. The van der Waals surface area contributed by atoms with Gasteiger partial charge in [-0.05, 0) is 23.8 Å². The second kappa shape index (κ2) is 7.71. The van der Waals surface area contributed by atoms with Crippen molar-refractivity contribution < 1.29 is 9.59 Å². The van der Waals surface area contributed by atoms with Crippen LogP contribution in [0.1, 0.15) is 26.3 Å². The van der Waals surface area contributed by atoms with Crippen molar-refractivity contribution in [3.05, 3.63) is 95.7 Å². The molecule has 140 valence electrons. The van der Waals surface area contributed by atoms with Gasteiger partial charge in [0, 0.05) is 28.2 Å². The van der Waals surface area contributed by atoms with Gasteiger partial charge in [-0.25, -0.2) is 0 Å². The van der Waals surface area contributed by atoms with Crippen molar-refractivity contribution in [2.45, 2.75) is 0 Å². The first kappa shape index (κ1) is 18.0. The highest BCUT2D eigenvalue weighted by Gasteiger charge is 2.17. The number of aromatic nitrogens is 1. The van der Waals surface area contributed by atoms with E-state index in [-0.39, 0.29) is 0 Å². The molecule has 0 aliphatic carbocycles. The van der Waals surface area contributed by atoms with Gasteiger partial charge in [-0.1, -0.05) is 54.6 Å². The second-order valence-corrected chi connectivity index (χ2v) is 6.36. The lowest BCUT2D eigenvalue weighted by Gasteiger charge is -2.12. The molecule has 0 saturated heterocycles. The molecule has 29 heavy (non-hydrogen) atoms. The smallest absolute Gasteiger partial charge is 0.271 e. The Bertz CT molecular complexity index is 1270. The minimum Gasteiger partial charge on any atom is -0.360 e. The lowest BCUT2D eigenvalue weighted by Crippen LogP contribution is -2.41. The van der Waals surface area contributed by atoms with Crippen molar-refractivity contribution >= 4 is 22.7 Å². The van der Waals surface area contributed by atoms with Crippen molar-refractivity contribution in [1.29, 1.82) is 5.26 Å². The average Bonchev–Trinajstić information content (AvgIpc) is 3.21. The number of amides is 2. The molecule has 0 bridgehead atoms. The average molecular weight is 380 g/mol. The molecule has 2 amide bonds. The van der Waals surface area contributed by atoms with Crippen LogP contribution in [0, 0.1) is 11.3 Å². The van der Waals surface area contributed by atoms with E-state index >= 15 is 0 Å². The van der Waals surface area contributed by atoms with E-state index in [1.165, 1.54) is 0 Å². The minimum absolute atomic E-state index is 0.356. The summed E-state index contributed by atoms with van der Waals surface area (Å²) in [6.45, 7) is 0. The molecule has 0 saturated carbocycles. The fraction of sp³-hybridized carbons (Fsp3) is 0. The molecule has 3 aromatic carbocycles. The summed E-state index contributed by atoms with van der Waals surface area (Å²) in [7, 11) is 0. The Morgan fingerprint density at radius 3 is 2.17 bits per heavy atom. The molecule has 0 aliphatic rings. The minimum atomic E-state index is -0.471. The molecule has 1 heterocycles. The Hall–Kier alpha value is -4.37. The summed E-state index contributed by atoms with van der Waals surface area (Å²) < 4.78 is 0. The van der Waals surface area contributed by atoms with Gasteiger partial charge in [0.2, 0.25) is 0 Å². The quantitative estimate of drug-likeness (QED) is 0.472. The van der Waals surface area contributed by atoms with Gasteiger partial charge < -0.3 is 4.98 Å². The number of rotatable bonds is 3. The van der Waals surface area contributed by atoms with Crippen LogP contribution in [0.15, 0.2) is 79.0 Å². The Labute approximate surface area is 166 Å². The number of hydrazine groups is 1. The second-order valence-electron chi connectivity index (χ2n) is 6.36. The van der Waals surface area contributed by atoms with E-state index in [1.54, 1.807) is 48.7 Å². The maximum atomic E-state index is 12.8. The first-order valence-corrected chi connectivity index (χ1v) is 8.94. The van der Waals surface area contributed by atoms with E-state index in [4.69, 9.17) is 0 Å². The molecule has 0 fully saturated rings. The van der Waals surface area contributed by atoms with Gasteiger partial charge in [0.1, 0.15) is 0 Å². The van der Waals surface area contributed by atoms with Crippen molar-refractivity contribution in [2.75, 3.05) is 0 Å². The lowest BCUT2D eigenvalue weighted by molar-refractivity contribution is 0.0848. The van der Waals surface area contributed by atoms with E-state index in [2.05, 4.69) is 21.9 Å². The number of para-hydroxylation sites is 1. The van der Waals surface area contributed by atoms with Crippen LogP contribution in [0.25, 0.3) is 22.0 Å². The molecular weight excluding hydrogens is 364 g/mol. The Morgan fingerprint density at radius 2 is 1.38 bits per heavy atom. The summed E-state index contributed by atoms with van der Waals surface area (Å²) in [5.41, 5.74) is 8.29. The third kappa shape index (κ3) is 3.45. The molecule has 6 heteroatoms. The number of carbonyl (C=O) groups excluding carboxylic acids is 2. The SMILES string of the molecule is N#Cc1ccccc1-c1ccccc1C(=O)NNC(=O)c1c[nH]c2ccccc12. The van der Waals surface area contributed by atoms with E-state index < -0.39 is 11.8 Å². The van der Waals surface area contributed by atoms with Crippen LogP contribution in [-0.2, 0) is 0 Å². The van der Waals surface area contributed by atoms with Crippen LogP contribution in [0.5, 0.6) is 0 Å². The summed E-state index contributed by atoms with van der Waals surface area (Å²) in [4.78, 5) is 28.3. The Kier molecular flexibility index (Phi) is 4.79. The molecule has 4 rings (SSSR count). The van der Waals surface area contributed by atoms with Crippen molar-refractivity contribution in [1.82, 2.24) is 15.8 Å². The first-order valence-electron chi connectivity index (χ1n) is 8.94.